The summed E-state index contributed by atoms with van der Waals surface area (Å²) >= 11 is 5.34. The number of hydrogen-bond acceptors (Lipinski definition) is 4. The number of aromatic amines is 1. The van der Waals surface area contributed by atoms with Crippen molar-refractivity contribution in [3.63, 3.8) is 0 Å². The summed E-state index contributed by atoms with van der Waals surface area (Å²) < 4.78 is 7.77. The first kappa shape index (κ1) is 18.1. The first-order chi connectivity index (χ1) is 12.5. The molecule has 3 aromatic rings. The molecule has 0 saturated heterocycles. The van der Waals surface area contributed by atoms with Crippen LogP contribution < -0.4 is 0 Å². The number of benzene rings is 1. The Balaban J connectivity index is 1.73. The van der Waals surface area contributed by atoms with E-state index in [0.717, 1.165) is 22.7 Å². The second-order valence-electron chi connectivity index (χ2n) is 6.32. The molecule has 0 bridgehead atoms. The van der Waals surface area contributed by atoms with Crippen LogP contribution in [0, 0.1) is 11.7 Å². The van der Waals surface area contributed by atoms with Gasteiger partial charge >= 0.3 is 0 Å². The van der Waals surface area contributed by atoms with Gasteiger partial charge in [-0.1, -0.05) is 23.8 Å². The van der Waals surface area contributed by atoms with Crippen molar-refractivity contribution in [1.82, 2.24) is 19.7 Å². The van der Waals surface area contributed by atoms with Gasteiger partial charge in [0, 0.05) is 25.6 Å². The van der Waals surface area contributed by atoms with Gasteiger partial charge in [0.1, 0.15) is 5.76 Å². The lowest BCUT2D eigenvalue weighted by Gasteiger charge is -2.23. The molecule has 1 atom stereocenters. The molecule has 0 spiro atoms. The standard InChI is InChI=1S/C19H22N4O2S/c1-13-6-4-7-15(12-13)18-20-21-19(26)23(18)10-9-17(24)22(3)14(2)16-8-5-11-25-16/h4-8,11-12,14H,9-10H2,1-3H3,(H,21,26). The Bertz CT molecular complexity index is 943. The van der Waals surface area contributed by atoms with Gasteiger partial charge in [0.2, 0.25) is 5.91 Å². The first-order valence-electron chi connectivity index (χ1n) is 8.48. The van der Waals surface area contributed by atoms with E-state index in [0.29, 0.717) is 17.7 Å². The van der Waals surface area contributed by atoms with Crippen LogP contribution in [0.1, 0.15) is 30.7 Å². The highest BCUT2D eigenvalue weighted by Crippen LogP contribution is 2.21. The van der Waals surface area contributed by atoms with Crippen molar-refractivity contribution < 1.29 is 9.21 Å². The molecule has 26 heavy (non-hydrogen) atoms. The fraction of sp³-hybridized carbons (Fsp3) is 0.316. The molecule has 7 heteroatoms. The second kappa shape index (κ2) is 7.70. The molecule has 1 N–H and O–H groups in total. The van der Waals surface area contributed by atoms with Crippen LogP contribution in [0.5, 0.6) is 0 Å². The van der Waals surface area contributed by atoms with Crippen LogP contribution in [0.2, 0.25) is 0 Å². The summed E-state index contributed by atoms with van der Waals surface area (Å²) in [5.41, 5.74) is 2.12. The molecule has 3 rings (SSSR count). The predicted molar refractivity (Wildman–Crippen MR) is 102 cm³/mol. The number of amides is 1. The zero-order chi connectivity index (χ0) is 18.7. The maximum atomic E-state index is 12.6. The highest BCUT2D eigenvalue weighted by Gasteiger charge is 2.20. The van der Waals surface area contributed by atoms with Gasteiger partial charge in [0.25, 0.3) is 0 Å². The van der Waals surface area contributed by atoms with E-state index in [4.69, 9.17) is 16.6 Å². The van der Waals surface area contributed by atoms with E-state index in [9.17, 15) is 4.79 Å². The molecule has 136 valence electrons. The maximum absolute atomic E-state index is 12.6. The molecule has 0 aliphatic carbocycles. The molecule has 0 aliphatic heterocycles. The van der Waals surface area contributed by atoms with Gasteiger partial charge < -0.3 is 9.32 Å². The lowest BCUT2D eigenvalue weighted by Crippen LogP contribution is -2.30. The number of furan rings is 1. The molecule has 1 aromatic carbocycles. The third-order valence-electron chi connectivity index (χ3n) is 4.51. The number of H-pyrrole nitrogens is 1. The Labute approximate surface area is 157 Å². The van der Waals surface area contributed by atoms with Crippen molar-refractivity contribution in [3.8, 4) is 11.4 Å². The zero-order valence-corrected chi connectivity index (χ0v) is 15.9. The highest BCUT2D eigenvalue weighted by molar-refractivity contribution is 7.71. The minimum atomic E-state index is -0.119. The molecule has 0 saturated carbocycles. The minimum Gasteiger partial charge on any atom is -0.467 e. The quantitative estimate of drug-likeness (QED) is 0.663. The van der Waals surface area contributed by atoms with Crippen LogP contribution in [0.3, 0.4) is 0 Å². The number of aryl methyl sites for hydroxylation is 1. The molecule has 2 heterocycles. The highest BCUT2D eigenvalue weighted by atomic mass is 32.1. The van der Waals surface area contributed by atoms with Crippen molar-refractivity contribution in [3.05, 3.63) is 58.8 Å². The van der Waals surface area contributed by atoms with Gasteiger partial charge in [-0.15, -0.1) is 0 Å². The predicted octanol–water partition coefficient (Wildman–Crippen LogP) is 4.12. The van der Waals surface area contributed by atoms with E-state index in [1.54, 1.807) is 18.2 Å². The molecule has 6 nitrogen and oxygen atoms in total. The van der Waals surface area contributed by atoms with Crippen LogP contribution in [0.25, 0.3) is 11.4 Å². The van der Waals surface area contributed by atoms with Crippen LogP contribution in [-0.2, 0) is 11.3 Å². The van der Waals surface area contributed by atoms with E-state index in [1.807, 2.05) is 54.8 Å². The largest absolute Gasteiger partial charge is 0.467 e. The smallest absolute Gasteiger partial charge is 0.224 e. The Hall–Kier alpha value is -2.67. The van der Waals surface area contributed by atoms with Crippen molar-refractivity contribution in [1.29, 1.82) is 0 Å². The molecule has 0 aliphatic rings. The Kier molecular flexibility index (Phi) is 5.37. The summed E-state index contributed by atoms with van der Waals surface area (Å²) in [5.74, 6) is 1.53. The average molecular weight is 370 g/mol. The van der Waals surface area contributed by atoms with Crippen LogP contribution in [0.15, 0.2) is 47.1 Å². The van der Waals surface area contributed by atoms with Gasteiger partial charge in [0.05, 0.1) is 12.3 Å². The van der Waals surface area contributed by atoms with Crippen LogP contribution >= 0.6 is 12.2 Å². The Morgan fingerprint density at radius 3 is 2.88 bits per heavy atom. The van der Waals surface area contributed by atoms with Crippen molar-refractivity contribution in [2.24, 2.45) is 0 Å². The third kappa shape index (κ3) is 3.77. The summed E-state index contributed by atoms with van der Waals surface area (Å²) in [7, 11) is 1.78. The monoisotopic (exact) mass is 370 g/mol. The number of carbonyl (C=O) groups is 1. The van der Waals surface area contributed by atoms with Crippen LogP contribution in [-0.4, -0.2) is 32.6 Å². The molecular weight excluding hydrogens is 348 g/mol. The number of nitrogens with zero attached hydrogens (tertiary/aromatic N) is 3. The van der Waals surface area contributed by atoms with Crippen molar-refractivity contribution >= 4 is 18.1 Å². The average Bonchev–Trinajstić information content (AvgIpc) is 3.28. The molecule has 0 radical (unpaired) electrons. The molecular formula is C19H22N4O2S. The van der Waals surface area contributed by atoms with Gasteiger partial charge in [-0.25, -0.2) is 0 Å². The van der Waals surface area contributed by atoms with Gasteiger partial charge in [-0.3, -0.25) is 14.5 Å². The number of hydrogen-bond donors (Lipinski definition) is 1. The fourth-order valence-electron chi connectivity index (χ4n) is 2.85. The van der Waals surface area contributed by atoms with E-state index >= 15 is 0 Å². The Morgan fingerprint density at radius 2 is 2.19 bits per heavy atom. The second-order valence-corrected chi connectivity index (χ2v) is 6.71. The van der Waals surface area contributed by atoms with E-state index in [2.05, 4.69) is 10.2 Å². The fourth-order valence-corrected chi connectivity index (χ4v) is 3.07. The summed E-state index contributed by atoms with van der Waals surface area (Å²) in [6.45, 7) is 4.44. The van der Waals surface area contributed by atoms with E-state index < -0.39 is 0 Å². The van der Waals surface area contributed by atoms with E-state index in [-0.39, 0.29) is 11.9 Å². The van der Waals surface area contributed by atoms with Crippen molar-refractivity contribution in [2.45, 2.75) is 32.9 Å². The van der Waals surface area contributed by atoms with Crippen molar-refractivity contribution in [2.75, 3.05) is 7.05 Å². The first-order valence-corrected chi connectivity index (χ1v) is 8.89. The lowest BCUT2D eigenvalue weighted by atomic mass is 10.1. The molecule has 2 aromatic heterocycles. The lowest BCUT2D eigenvalue weighted by molar-refractivity contribution is -0.132. The van der Waals surface area contributed by atoms with Gasteiger partial charge in [-0.05, 0) is 44.3 Å². The van der Waals surface area contributed by atoms with Crippen LogP contribution in [0.4, 0.5) is 0 Å². The summed E-state index contributed by atoms with van der Waals surface area (Å²) in [5, 5.41) is 7.16. The molecule has 1 amide bonds. The zero-order valence-electron chi connectivity index (χ0n) is 15.1. The molecule has 0 fully saturated rings. The number of aromatic nitrogens is 3. The summed E-state index contributed by atoms with van der Waals surface area (Å²) in [6, 6.07) is 11.6. The minimum absolute atomic E-state index is 0.0205. The van der Waals surface area contributed by atoms with Gasteiger partial charge in [0.15, 0.2) is 10.6 Å². The Morgan fingerprint density at radius 1 is 1.38 bits per heavy atom. The summed E-state index contributed by atoms with van der Waals surface area (Å²) in [6.07, 6.45) is 1.94. The SMILES string of the molecule is Cc1cccc(-c2n[nH]c(=S)n2CCC(=O)N(C)C(C)c2ccco2)c1. The molecule has 1 unspecified atom stereocenters. The third-order valence-corrected chi connectivity index (χ3v) is 4.82. The van der Waals surface area contributed by atoms with Gasteiger partial charge in [-0.2, -0.15) is 5.10 Å². The normalized spacial score (nSPS) is 12.1. The van der Waals surface area contributed by atoms with E-state index in [1.165, 1.54) is 0 Å². The summed E-state index contributed by atoms with van der Waals surface area (Å²) in [4.78, 5) is 14.3. The number of nitrogens with one attached hydrogen (secondary N) is 1. The topological polar surface area (TPSA) is 67.1 Å². The maximum Gasteiger partial charge on any atom is 0.224 e. The number of rotatable bonds is 6. The number of carbonyl (C=O) groups excluding carboxylic acids is 1.